The molecule has 1 aromatic rings. The monoisotopic (exact) mass is 311 g/mol. The van der Waals surface area contributed by atoms with Gasteiger partial charge >= 0.3 is 0 Å². The van der Waals surface area contributed by atoms with Gasteiger partial charge in [0.2, 0.25) is 0 Å². The van der Waals surface area contributed by atoms with Gasteiger partial charge in [-0.3, -0.25) is 0 Å². The number of likely N-dealkylation sites (tertiary alicyclic amines) is 1. The second-order valence-corrected chi connectivity index (χ2v) is 6.24. The van der Waals surface area contributed by atoms with Gasteiger partial charge in [0.05, 0.1) is 18.3 Å². The zero-order chi connectivity index (χ0) is 15.2. The zero-order valence-corrected chi connectivity index (χ0v) is 13.9. The van der Waals surface area contributed by atoms with Crippen LogP contribution in [0.5, 0.6) is 0 Å². The molecule has 7 heteroatoms. The number of hydrogen-bond donors (Lipinski definition) is 2. The highest BCUT2D eigenvalue weighted by Crippen LogP contribution is 2.18. The van der Waals surface area contributed by atoms with E-state index in [9.17, 15) is 5.11 Å². The molecule has 1 aliphatic heterocycles. The molecule has 0 saturated carbocycles. The number of guanidine groups is 1. The van der Waals surface area contributed by atoms with Gasteiger partial charge in [-0.15, -0.1) is 11.3 Å². The van der Waals surface area contributed by atoms with Crippen molar-refractivity contribution in [1.29, 1.82) is 0 Å². The molecular weight excluding hydrogens is 286 g/mol. The summed E-state index contributed by atoms with van der Waals surface area (Å²) in [5.41, 5.74) is 0.996. The van der Waals surface area contributed by atoms with Crippen molar-refractivity contribution in [2.24, 2.45) is 4.99 Å². The van der Waals surface area contributed by atoms with E-state index < -0.39 is 0 Å². The molecule has 2 rings (SSSR count). The molecule has 0 spiro atoms. The third kappa shape index (κ3) is 4.57. The van der Waals surface area contributed by atoms with Crippen LogP contribution in [0.3, 0.4) is 0 Å². The first-order valence-electron chi connectivity index (χ1n) is 7.43. The number of hydrogen-bond acceptors (Lipinski definition) is 5. The predicted octanol–water partition coefficient (Wildman–Crippen LogP) is 1.13. The van der Waals surface area contributed by atoms with E-state index >= 15 is 0 Å². The van der Waals surface area contributed by atoms with E-state index in [1.165, 1.54) is 0 Å². The summed E-state index contributed by atoms with van der Waals surface area (Å²) in [7, 11) is 3.99. The molecule has 0 aromatic carbocycles. The fraction of sp³-hybridized carbons (Fsp3) is 0.714. The van der Waals surface area contributed by atoms with Crippen molar-refractivity contribution in [2.75, 3.05) is 38.6 Å². The maximum absolute atomic E-state index is 9.60. The van der Waals surface area contributed by atoms with Crippen LogP contribution in [0, 0.1) is 0 Å². The van der Waals surface area contributed by atoms with Crippen molar-refractivity contribution < 1.29 is 5.11 Å². The second kappa shape index (κ2) is 7.61. The summed E-state index contributed by atoms with van der Waals surface area (Å²) in [5.74, 6) is 0.920. The molecule has 6 nitrogen and oxygen atoms in total. The molecule has 21 heavy (non-hydrogen) atoms. The maximum atomic E-state index is 9.60. The van der Waals surface area contributed by atoms with Gasteiger partial charge in [-0.1, -0.05) is 0 Å². The Kier molecular flexibility index (Phi) is 5.81. The zero-order valence-electron chi connectivity index (χ0n) is 13.0. The van der Waals surface area contributed by atoms with Crippen LogP contribution in [0.25, 0.3) is 0 Å². The number of piperidine rings is 1. The summed E-state index contributed by atoms with van der Waals surface area (Å²) in [4.78, 5) is 13.5. The van der Waals surface area contributed by atoms with Crippen LogP contribution < -0.4 is 10.2 Å². The molecule has 0 bridgehead atoms. The largest absolute Gasteiger partial charge is 0.393 e. The van der Waals surface area contributed by atoms with E-state index in [2.05, 4.69) is 32.5 Å². The minimum absolute atomic E-state index is 0.162. The minimum atomic E-state index is -0.162. The number of nitrogens with one attached hydrogen (secondary N) is 1. The lowest BCUT2D eigenvalue weighted by atomic mass is 10.1. The molecule has 1 fully saturated rings. The van der Waals surface area contributed by atoms with Crippen molar-refractivity contribution in [3.8, 4) is 0 Å². The smallest absolute Gasteiger partial charge is 0.194 e. The lowest BCUT2D eigenvalue weighted by Crippen LogP contribution is -2.46. The average molecular weight is 311 g/mol. The summed E-state index contributed by atoms with van der Waals surface area (Å²) >= 11 is 1.64. The van der Waals surface area contributed by atoms with E-state index in [-0.39, 0.29) is 6.10 Å². The van der Waals surface area contributed by atoms with Crippen molar-refractivity contribution >= 4 is 22.4 Å². The number of aliphatic imine (C=N–C) groups is 1. The Labute approximate surface area is 130 Å². The molecule has 118 valence electrons. The Bertz CT molecular complexity index is 466. The molecule has 0 radical (unpaired) electrons. The molecule has 2 heterocycles. The highest BCUT2D eigenvalue weighted by Gasteiger charge is 2.19. The average Bonchev–Trinajstić information content (AvgIpc) is 2.93. The van der Waals surface area contributed by atoms with E-state index in [0.717, 1.165) is 49.3 Å². The van der Waals surface area contributed by atoms with Gasteiger partial charge in [-0.2, -0.15) is 0 Å². The molecule has 0 atom stereocenters. The number of anilines is 1. The van der Waals surface area contributed by atoms with Crippen LogP contribution in [-0.2, 0) is 6.54 Å². The first kappa shape index (κ1) is 16.0. The van der Waals surface area contributed by atoms with Crippen LogP contribution in [0.4, 0.5) is 5.13 Å². The van der Waals surface area contributed by atoms with Gasteiger partial charge in [0, 0.05) is 39.1 Å². The van der Waals surface area contributed by atoms with Crippen LogP contribution in [-0.4, -0.2) is 60.8 Å². The Hall–Kier alpha value is -1.34. The summed E-state index contributed by atoms with van der Waals surface area (Å²) in [6.07, 6.45) is 1.46. The van der Waals surface area contributed by atoms with Gasteiger partial charge in [0.1, 0.15) is 0 Å². The molecule has 0 aliphatic carbocycles. The van der Waals surface area contributed by atoms with Gasteiger partial charge in [-0.25, -0.2) is 9.98 Å². The van der Waals surface area contributed by atoms with Crippen LogP contribution in [0.2, 0.25) is 0 Å². The first-order valence-corrected chi connectivity index (χ1v) is 8.31. The number of aliphatic hydroxyl groups excluding tert-OH is 1. The predicted molar refractivity (Wildman–Crippen MR) is 88.1 cm³/mol. The van der Waals surface area contributed by atoms with E-state index in [0.29, 0.717) is 6.54 Å². The number of rotatable bonds is 4. The second-order valence-electron chi connectivity index (χ2n) is 5.40. The molecule has 0 unspecified atom stereocenters. The van der Waals surface area contributed by atoms with Crippen molar-refractivity contribution in [1.82, 2.24) is 15.2 Å². The Morgan fingerprint density at radius 3 is 2.81 bits per heavy atom. The van der Waals surface area contributed by atoms with Crippen molar-refractivity contribution in [3.05, 3.63) is 11.1 Å². The molecule has 0 amide bonds. The van der Waals surface area contributed by atoms with Gasteiger partial charge in [0.15, 0.2) is 11.1 Å². The van der Waals surface area contributed by atoms with Crippen LogP contribution in [0.15, 0.2) is 10.4 Å². The minimum Gasteiger partial charge on any atom is -0.393 e. The highest BCUT2D eigenvalue weighted by atomic mass is 32.1. The first-order chi connectivity index (χ1) is 10.1. The third-order valence-electron chi connectivity index (χ3n) is 3.41. The lowest BCUT2D eigenvalue weighted by molar-refractivity contribution is 0.108. The quantitative estimate of drug-likeness (QED) is 0.645. The number of thiazole rings is 1. The summed E-state index contributed by atoms with van der Waals surface area (Å²) in [6.45, 7) is 5.21. The normalized spacial score (nSPS) is 17.1. The van der Waals surface area contributed by atoms with Crippen LogP contribution in [0.1, 0.15) is 25.5 Å². The Morgan fingerprint density at radius 2 is 2.24 bits per heavy atom. The number of aromatic nitrogens is 1. The van der Waals surface area contributed by atoms with Gasteiger partial charge < -0.3 is 20.2 Å². The summed E-state index contributed by atoms with van der Waals surface area (Å²) in [6, 6.07) is 0. The van der Waals surface area contributed by atoms with Crippen LogP contribution >= 0.6 is 11.3 Å². The topological polar surface area (TPSA) is 64.0 Å². The molecule has 1 saturated heterocycles. The molecule has 2 N–H and O–H groups in total. The fourth-order valence-electron chi connectivity index (χ4n) is 2.23. The van der Waals surface area contributed by atoms with Gasteiger partial charge in [0.25, 0.3) is 0 Å². The Morgan fingerprint density at radius 1 is 1.52 bits per heavy atom. The third-order valence-corrected chi connectivity index (χ3v) is 4.47. The summed E-state index contributed by atoms with van der Waals surface area (Å²) in [5, 5.41) is 16.0. The SMILES string of the molecule is CCNC(=NCc1csc(N(C)C)n1)N1CCC(O)CC1. The highest BCUT2D eigenvalue weighted by molar-refractivity contribution is 7.13. The van der Waals surface area contributed by atoms with E-state index in [1.807, 2.05) is 19.0 Å². The molecule has 1 aliphatic rings. The lowest BCUT2D eigenvalue weighted by Gasteiger charge is -2.32. The fourth-order valence-corrected chi connectivity index (χ4v) is 2.98. The van der Waals surface area contributed by atoms with Gasteiger partial charge in [-0.05, 0) is 19.8 Å². The van der Waals surface area contributed by atoms with E-state index in [1.54, 1.807) is 11.3 Å². The van der Waals surface area contributed by atoms with Crippen molar-refractivity contribution in [3.63, 3.8) is 0 Å². The standard InChI is InChI=1S/C14H25N5OS/c1-4-15-13(19-7-5-12(20)6-8-19)16-9-11-10-21-14(17-11)18(2)3/h10,12,20H,4-9H2,1-3H3,(H,15,16). The number of aliphatic hydroxyl groups is 1. The number of nitrogens with zero attached hydrogens (tertiary/aromatic N) is 4. The molecule has 1 aromatic heterocycles. The summed E-state index contributed by atoms with van der Waals surface area (Å²) < 4.78 is 0. The Balaban J connectivity index is 1.99. The van der Waals surface area contributed by atoms with Crippen molar-refractivity contribution in [2.45, 2.75) is 32.4 Å². The molecular formula is C14H25N5OS. The maximum Gasteiger partial charge on any atom is 0.194 e. The van der Waals surface area contributed by atoms with E-state index in [4.69, 9.17) is 0 Å².